The Morgan fingerprint density at radius 1 is 1.56 bits per heavy atom. The fourth-order valence-corrected chi connectivity index (χ4v) is 2.00. The number of thiophene rings is 1. The molecule has 0 radical (unpaired) electrons. The first-order valence-corrected chi connectivity index (χ1v) is 6.17. The van der Waals surface area contributed by atoms with E-state index in [2.05, 4.69) is 24.5 Å². The zero-order valence-electron chi connectivity index (χ0n) is 9.66. The van der Waals surface area contributed by atoms with Crippen LogP contribution >= 0.6 is 23.7 Å². The van der Waals surface area contributed by atoms with Gasteiger partial charge in [0.25, 0.3) is 0 Å². The highest BCUT2D eigenvalue weighted by molar-refractivity contribution is 7.07. The molecule has 0 saturated carbocycles. The van der Waals surface area contributed by atoms with Crippen LogP contribution in [0.2, 0.25) is 0 Å². The van der Waals surface area contributed by atoms with E-state index < -0.39 is 0 Å². The molecule has 92 valence electrons. The minimum atomic E-state index is 0. The Morgan fingerprint density at radius 2 is 2.31 bits per heavy atom. The molecule has 0 fully saturated rings. The van der Waals surface area contributed by atoms with Crippen LogP contribution in [0.3, 0.4) is 0 Å². The molecular formula is C11H19ClN2OS. The van der Waals surface area contributed by atoms with Crippen molar-refractivity contribution < 1.29 is 4.79 Å². The highest BCUT2D eigenvalue weighted by atomic mass is 35.5. The highest BCUT2D eigenvalue weighted by Crippen LogP contribution is 2.06. The summed E-state index contributed by atoms with van der Waals surface area (Å²) in [4.78, 5) is 11.5. The van der Waals surface area contributed by atoms with Crippen LogP contribution in [0.1, 0.15) is 19.4 Å². The second-order valence-electron chi connectivity index (χ2n) is 3.57. The highest BCUT2D eigenvalue weighted by Gasteiger charge is 2.05. The molecule has 1 aromatic heterocycles. The molecule has 1 atom stereocenters. The maximum Gasteiger partial charge on any atom is 0.224 e. The average molecular weight is 263 g/mol. The van der Waals surface area contributed by atoms with Gasteiger partial charge >= 0.3 is 0 Å². The summed E-state index contributed by atoms with van der Waals surface area (Å²) in [5.74, 6) is 0.0955. The lowest BCUT2D eigenvalue weighted by molar-refractivity contribution is -0.120. The molecule has 2 N–H and O–H groups in total. The second kappa shape index (κ2) is 8.56. The van der Waals surface area contributed by atoms with Gasteiger partial charge in [-0.05, 0) is 35.9 Å². The standard InChI is InChI=1S/C11H18N2OS.ClH/c1-3-12-9(2)7-13-11(14)6-10-4-5-15-8-10;/h4-5,8-9,12H,3,6-7H2,1-2H3,(H,13,14);1H/t9-;/m1./s1. The van der Waals surface area contributed by atoms with E-state index in [1.54, 1.807) is 11.3 Å². The number of amides is 1. The average Bonchev–Trinajstić information content (AvgIpc) is 2.68. The Hall–Kier alpha value is -0.580. The van der Waals surface area contributed by atoms with Gasteiger partial charge in [0.1, 0.15) is 0 Å². The molecule has 3 nitrogen and oxygen atoms in total. The number of halogens is 1. The summed E-state index contributed by atoms with van der Waals surface area (Å²) in [5.41, 5.74) is 1.09. The number of hydrogen-bond acceptors (Lipinski definition) is 3. The molecule has 0 aromatic carbocycles. The molecule has 0 spiro atoms. The fraction of sp³-hybridized carbons (Fsp3) is 0.545. The number of rotatable bonds is 6. The van der Waals surface area contributed by atoms with E-state index in [-0.39, 0.29) is 18.3 Å². The van der Waals surface area contributed by atoms with Gasteiger partial charge in [0.2, 0.25) is 5.91 Å². The number of likely N-dealkylation sites (N-methyl/N-ethyl adjacent to an activating group) is 1. The first kappa shape index (κ1) is 15.4. The van der Waals surface area contributed by atoms with Crippen LogP contribution < -0.4 is 10.6 Å². The molecule has 0 saturated heterocycles. The number of carbonyl (C=O) groups is 1. The predicted molar refractivity (Wildman–Crippen MR) is 71.4 cm³/mol. The molecular weight excluding hydrogens is 244 g/mol. The van der Waals surface area contributed by atoms with Crippen LogP contribution in [0.25, 0.3) is 0 Å². The monoisotopic (exact) mass is 262 g/mol. The number of nitrogens with one attached hydrogen (secondary N) is 2. The maximum absolute atomic E-state index is 11.5. The molecule has 1 amide bonds. The summed E-state index contributed by atoms with van der Waals surface area (Å²) in [6.07, 6.45) is 0.488. The first-order chi connectivity index (χ1) is 7.22. The second-order valence-corrected chi connectivity index (χ2v) is 4.35. The smallest absolute Gasteiger partial charge is 0.224 e. The van der Waals surface area contributed by atoms with E-state index >= 15 is 0 Å². The Bertz CT molecular complexity index is 290. The minimum absolute atomic E-state index is 0. The molecule has 0 unspecified atom stereocenters. The normalized spacial score (nSPS) is 11.6. The summed E-state index contributed by atoms with van der Waals surface area (Å²) in [7, 11) is 0. The van der Waals surface area contributed by atoms with Gasteiger partial charge in [-0.3, -0.25) is 4.79 Å². The fourth-order valence-electron chi connectivity index (χ4n) is 1.33. The van der Waals surface area contributed by atoms with Crippen LogP contribution in [-0.4, -0.2) is 25.0 Å². The summed E-state index contributed by atoms with van der Waals surface area (Å²) in [6.45, 7) is 5.75. The van der Waals surface area contributed by atoms with Gasteiger partial charge in [-0.15, -0.1) is 12.4 Å². The Kier molecular flexibility index (Phi) is 8.25. The van der Waals surface area contributed by atoms with Gasteiger partial charge in [-0.25, -0.2) is 0 Å². The largest absolute Gasteiger partial charge is 0.354 e. The number of carbonyl (C=O) groups excluding carboxylic acids is 1. The van der Waals surface area contributed by atoms with Gasteiger partial charge in [-0.2, -0.15) is 11.3 Å². The lowest BCUT2D eigenvalue weighted by Gasteiger charge is -2.12. The first-order valence-electron chi connectivity index (χ1n) is 5.23. The molecule has 5 heteroatoms. The van der Waals surface area contributed by atoms with Crippen LogP contribution in [0.5, 0.6) is 0 Å². The van der Waals surface area contributed by atoms with Gasteiger partial charge < -0.3 is 10.6 Å². The maximum atomic E-state index is 11.5. The lowest BCUT2D eigenvalue weighted by atomic mass is 10.2. The Labute approximate surface area is 107 Å². The van der Waals surface area contributed by atoms with Crippen molar-refractivity contribution in [1.29, 1.82) is 0 Å². The molecule has 0 aliphatic heterocycles. The Balaban J connectivity index is 0.00000225. The van der Waals surface area contributed by atoms with Crippen molar-refractivity contribution in [3.05, 3.63) is 22.4 Å². The lowest BCUT2D eigenvalue weighted by Crippen LogP contribution is -2.39. The predicted octanol–water partition coefficient (Wildman–Crippen LogP) is 1.83. The zero-order valence-corrected chi connectivity index (χ0v) is 11.3. The van der Waals surface area contributed by atoms with Gasteiger partial charge in [-0.1, -0.05) is 6.92 Å². The van der Waals surface area contributed by atoms with Crippen molar-refractivity contribution in [3.8, 4) is 0 Å². The third-order valence-corrected chi connectivity index (χ3v) is 2.83. The number of hydrogen-bond donors (Lipinski definition) is 2. The summed E-state index contributed by atoms with van der Waals surface area (Å²) < 4.78 is 0. The van der Waals surface area contributed by atoms with Crippen molar-refractivity contribution in [2.24, 2.45) is 0 Å². The summed E-state index contributed by atoms with van der Waals surface area (Å²) in [6, 6.07) is 2.32. The molecule has 16 heavy (non-hydrogen) atoms. The summed E-state index contributed by atoms with van der Waals surface area (Å²) >= 11 is 1.62. The molecule has 0 aliphatic rings. The molecule has 0 bridgehead atoms. The quantitative estimate of drug-likeness (QED) is 0.821. The van der Waals surface area contributed by atoms with E-state index in [0.29, 0.717) is 19.0 Å². The van der Waals surface area contributed by atoms with Crippen molar-refractivity contribution in [1.82, 2.24) is 10.6 Å². The van der Waals surface area contributed by atoms with Crippen LogP contribution in [0, 0.1) is 0 Å². The van der Waals surface area contributed by atoms with Crippen LogP contribution in [0.4, 0.5) is 0 Å². The van der Waals surface area contributed by atoms with E-state index in [9.17, 15) is 4.79 Å². The van der Waals surface area contributed by atoms with Crippen LogP contribution in [-0.2, 0) is 11.2 Å². The topological polar surface area (TPSA) is 41.1 Å². The SMILES string of the molecule is CCN[C@H](C)CNC(=O)Cc1ccsc1.Cl. The Morgan fingerprint density at radius 3 is 2.88 bits per heavy atom. The molecule has 0 aliphatic carbocycles. The van der Waals surface area contributed by atoms with Crippen molar-refractivity contribution in [2.45, 2.75) is 26.3 Å². The van der Waals surface area contributed by atoms with E-state index in [0.717, 1.165) is 12.1 Å². The van der Waals surface area contributed by atoms with Crippen molar-refractivity contribution in [3.63, 3.8) is 0 Å². The van der Waals surface area contributed by atoms with E-state index in [1.165, 1.54) is 0 Å². The van der Waals surface area contributed by atoms with Gasteiger partial charge in [0, 0.05) is 12.6 Å². The van der Waals surface area contributed by atoms with Gasteiger partial charge in [0.05, 0.1) is 6.42 Å². The van der Waals surface area contributed by atoms with E-state index in [1.807, 2.05) is 16.8 Å². The van der Waals surface area contributed by atoms with Crippen LogP contribution in [0.15, 0.2) is 16.8 Å². The van der Waals surface area contributed by atoms with E-state index in [4.69, 9.17) is 0 Å². The van der Waals surface area contributed by atoms with Gasteiger partial charge in [0.15, 0.2) is 0 Å². The molecule has 1 heterocycles. The molecule has 1 aromatic rings. The van der Waals surface area contributed by atoms with Crippen molar-refractivity contribution in [2.75, 3.05) is 13.1 Å². The third-order valence-electron chi connectivity index (χ3n) is 2.10. The summed E-state index contributed by atoms with van der Waals surface area (Å²) in [5, 5.41) is 10.2. The van der Waals surface area contributed by atoms with Crippen molar-refractivity contribution >= 4 is 29.7 Å². The third kappa shape index (κ3) is 6.10. The minimum Gasteiger partial charge on any atom is -0.354 e. The zero-order chi connectivity index (χ0) is 11.1. The molecule has 1 rings (SSSR count).